The van der Waals surface area contributed by atoms with Crippen LogP contribution in [0.15, 0.2) is 18.2 Å². The lowest BCUT2D eigenvalue weighted by atomic mass is 9.85. The first kappa shape index (κ1) is 21.1. The zero-order valence-corrected chi connectivity index (χ0v) is 16.5. The number of hydrogen-bond acceptors (Lipinski definition) is 6. The number of phosphoric acid groups is 1. The van der Waals surface area contributed by atoms with E-state index in [1.54, 1.807) is 32.0 Å². The van der Waals surface area contributed by atoms with Crippen LogP contribution < -0.4 is 10.1 Å². The summed E-state index contributed by atoms with van der Waals surface area (Å²) in [6.45, 7) is 4.13. The predicted octanol–water partition coefficient (Wildman–Crippen LogP) is 1.43. The summed E-state index contributed by atoms with van der Waals surface area (Å²) in [6, 6.07) is 4.13. The van der Waals surface area contributed by atoms with Gasteiger partial charge in [0.05, 0.1) is 10.8 Å². The fourth-order valence-electron chi connectivity index (χ4n) is 2.79. The molecule has 140 valence electrons. The third-order valence-corrected chi connectivity index (χ3v) is 4.49. The van der Waals surface area contributed by atoms with Gasteiger partial charge in [-0.3, -0.25) is 9.32 Å². The number of amides is 1. The molecule has 1 aliphatic rings. The maximum atomic E-state index is 11.7. The van der Waals surface area contributed by atoms with Crippen molar-refractivity contribution in [2.45, 2.75) is 38.5 Å². The lowest BCUT2D eigenvalue weighted by molar-refractivity contribution is -0.140. The number of benzene rings is 1. The molecule has 1 aromatic carbocycles. The molecule has 1 amide bonds. The number of phosphoric ester groups is 1. The van der Waals surface area contributed by atoms with E-state index in [9.17, 15) is 14.2 Å². The molecule has 0 unspecified atom stereocenters. The van der Waals surface area contributed by atoms with Gasteiger partial charge in [-0.25, -0.2) is 4.57 Å². The third kappa shape index (κ3) is 5.15. The Hall–Kier alpha value is -1.24. The number of fused-ring (bicyclic) bond motifs is 1. The fourth-order valence-corrected chi connectivity index (χ4v) is 3.16. The average molecular weight is 399 g/mol. The van der Waals surface area contributed by atoms with Crippen molar-refractivity contribution in [2.24, 2.45) is 0 Å². The van der Waals surface area contributed by atoms with Crippen LogP contribution in [0.3, 0.4) is 0 Å². The molecule has 9 nitrogen and oxygen atoms in total. The summed E-state index contributed by atoms with van der Waals surface area (Å²) in [6.07, 6.45) is -0.840. The van der Waals surface area contributed by atoms with Gasteiger partial charge in [0, 0.05) is 11.1 Å². The van der Waals surface area contributed by atoms with E-state index in [0.29, 0.717) is 16.9 Å². The lowest BCUT2D eigenvalue weighted by Crippen LogP contribution is -2.55. The molecule has 0 saturated heterocycles. The first-order valence-electron chi connectivity index (χ1n) is 7.62. The first-order chi connectivity index (χ1) is 11.9. The quantitative estimate of drug-likeness (QED) is 0.283. The maximum absolute atomic E-state index is 11.7. The summed E-state index contributed by atoms with van der Waals surface area (Å²) in [4.78, 5) is 41.0. The highest BCUT2D eigenvalue weighted by molar-refractivity contribution is 7.46. The van der Waals surface area contributed by atoms with E-state index in [1.807, 2.05) is 16.3 Å². The Morgan fingerprint density at radius 3 is 2.58 bits per heavy atom. The molecule has 0 saturated carbocycles. The molecule has 26 heavy (non-hydrogen) atoms. The van der Waals surface area contributed by atoms with Gasteiger partial charge in [0.25, 0.3) is 16.3 Å². The van der Waals surface area contributed by atoms with Gasteiger partial charge < -0.3 is 29.4 Å². The standard InChI is InChI=1S/C15H19NO8P.Al/c1-9(18)10-4-5-12-11(6-10)13(16-7-17)14(15(2,3)24-12)22-8-23-25(19,20)21;/h4-6,13-14H,8H2,1-3H3,(H,16,17)(H2,19,20,21);/t13-,14-;/m0./s1. The molecule has 2 radical (unpaired) electrons. The number of carbonyl (C=O) groups excluding carboxylic acids is 2. The minimum absolute atomic E-state index is 0.157. The zero-order chi connectivity index (χ0) is 19.7. The SMILES string of the molecule is CC(=O)c1ccc2c(c1)[C@H](N[C](=O)[Al])[C@H](OCOP(=O)(O)O)C(C)(C)O2. The Balaban J connectivity index is 2.41. The molecule has 0 aromatic heterocycles. The van der Waals surface area contributed by atoms with Gasteiger partial charge in [-0.1, -0.05) is 0 Å². The van der Waals surface area contributed by atoms with Crippen LogP contribution in [-0.2, 0) is 13.8 Å². The summed E-state index contributed by atoms with van der Waals surface area (Å²) in [5, 5.41) is 2.72. The topological polar surface area (TPSA) is 131 Å². The van der Waals surface area contributed by atoms with Gasteiger partial charge in [-0.15, -0.1) is 0 Å². The van der Waals surface area contributed by atoms with Crippen LogP contribution in [0.1, 0.15) is 42.7 Å². The highest BCUT2D eigenvalue weighted by Gasteiger charge is 2.45. The van der Waals surface area contributed by atoms with Crippen LogP contribution in [0.25, 0.3) is 0 Å². The molecular weight excluding hydrogens is 380 g/mol. The normalized spacial score (nSPS) is 21.4. The molecule has 1 aromatic rings. The first-order valence-corrected chi connectivity index (χ1v) is 9.73. The Morgan fingerprint density at radius 2 is 2.04 bits per heavy atom. The summed E-state index contributed by atoms with van der Waals surface area (Å²) >= 11 is 1.99. The molecule has 0 spiro atoms. The van der Waals surface area contributed by atoms with Crippen LogP contribution in [0.2, 0.25) is 0 Å². The molecule has 0 bridgehead atoms. The molecular formula is C15H19AlNO8P. The number of nitrogens with one attached hydrogen (secondary N) is 1. The second kappa shape index (κ2) is 7.79. The molecule has 0 aliphatic carbocycles. The second-order valence-electron chi connectivity index (χ2n) is 6.33. The van der Waals surface area contributed by atoms with Crippen molar-refractivity contribution in [1.82, 2.24) is 5.32 Å². The van der Waals surface area contributed by atoms with E-state index in [2.05, 4.69) is 9.84 Å². The number of hydrogen-bond donors (Lipinski definition) is 3. The van der Waals surface area contributed by atoms with Gasteiger partial charge in [0.2, 0.25) is 0 Å². The number of rotatable bonds is 6. The second-order valence-corrected chi connectivity index (χ2v) is 8.09. The molecule has 1 heterocycles. The predicted molar refractivity (Wildman–Crippen MR) is 91.0 cm³/mol. The van der Waals surface area contributed by atoms with Crippen LogP contribution >= 0.6 is 7.82 Å². The Labute approximate surface area is 158 Å². The largest absolute Gasteiger partial charge is 0.485 e. The van der Waals surface area contributed by atoms with E-state index in [1.165, 1.54) is 6.92 Å². The van der Waals surface area contributed by atoms with E-state index in [4.69, 9.17) is 19.3 Å². The highest BCUT2D eigenvalue weighted by atomic mass is 31.2. The van der Waals surface area contributed by atoms with E-state index >= 15 is 0 Å². The number of carbonyl (C=O) groups is 2. The van der Waals surface area contributed by atoms with E-state index in [-0.39, 0.29) is 5.78 Å². The average Bonchev–Trinajstić information content (AvgIpc) is 2.47. The minimum Gasteiger partial charge on any atom is -0.485 e. The van der Waals surface area contributed by atoms with Crippen molar-refractivity contribution in [3.63, 3.8) is 0 Å². The van der Waals surface area contributed by atoms with E-state index < -0.39 is 37.1 Å². The Kier molecular flexibility index (Phi) is 6.31. The maximum Gasteiger partial charge on any atom is 0.471 e. The smallest absolute Gasteiger partial charge is 0.471 e. The lowest BCUT2D eigenvalue weighted by Gasteiger charge is -2.44. The van der Waals surface area contributed by atoms with Crippen molar-refractivity contribution >= 4 is 34.7 Å². The summed E-state index contributed by atoms with van der Waals surface area (Å²) in [7, 11) is -4.71. The van der Waals surface area contributed by atoms with Crippen LogP contribution in [0.4, 0.5) is 4.79 Å². The number of ether oxygens (including phenoxy) is 2. The fraction of sp³-hybridized carbons (Fsp3) is 0.467. The van der Waals surface area contributed by atoms with Crippen molar-refractivity contribution in [1.29, 1.82) is 0 Å². The van der Waals surface area contributed by atoms with E-state index in [0.717, 1.165) is 0 Å². The Morgan fingerprint density at radius 1 is 1.38 bits per heavy atom. The molecule has 2 atom stereocenters. The number of Topliss-reactive ketones (excluding diaryl/α,β-unsaturated/α-hetero) is 1. The van der Waals surface area contributed by atoms with Gasteiger partial charge in [0.15, 0.2) is 12.6 Å². The summed E-state index contributed by atoms with van der Waals surface area (Å²) < 4.78 is 26.2. The zero-order valence-electron chi connectivity index (χ0n) is 14.5. The molecule has 11 heteroatoms. The van der Waals surface area contributed by atoms with Crippen molar-refractivity contribution in [3.05, 3.63) is 29.3 Å². The van der Waals surface area contributed by atoms with Crippen LogP contribution in [0, 0.1) is 0 Å². The summed E-state index contributed by atoms with van der Waals surface area (Å²) in [5.41, 5.74) is -0.00452. The number of ketones is 1. The molecule has 2 rings (SSSR count). The monoisotopic (exact) mass is 399 g/mol. The molecule has 3 N–H and O–H groups in total. The van der Waals surface area contributed by atoms with Gasteiger partial charge >= 0.3 is 7.82 Å². The van der Waals surface area contributed by atoms with Crippen molar-refractivity contribution < 1.29 is 37.9 Å². The van der Waals surface area contributed by atoms with Gasteiger partial charge in [-0.2, -0.15) is 0 Å². The molecule has 1 aliphatic heterocycles. The Bertz CT molecular complexity index is 762. The minimum atomic E-state index is -4.71. The van der Waals surface area contributed by atoms with Crippen LogP contribution in [-0.4, -0.2) is 55.1 Å². The van der Waals surface area contributed by atoms with Gasteiger partial charge in [-0.05, 0) is 39.0 Å². The van der Waals surface area contributed by atoms with Crippen LogP contribution in [0.5, 0.6) is 5.75 Å². The van der Waals surface area contributed by atoms with Crippen molar-refractivity contribution in [3.8, 4) is 5.75 Å². The highest BCUT2D eigenvalue weighted by Crippen LogP contribution is 2.43. The summed E-state index contributed by atoms with van der Waals surface area (Å²) in [5.74, 6) is 0.315. The van der Waals surface area contributed by atoms with Crippen molar-refractivity contribution in [2.75, 3.05) is 6.79 Å². The third-order valence-electron chi connectivity index (χ3n) is 3.88. The van der Waals surface area contributed by atoms with Gasteiger partial charge in [0.1, 0.15) is 17.5 Å². The molecule has 0 fully saturated rings.